The number of nitrogens with zero attached hydrogens (tertiary/aromatic N) is 1. The van der Waals surface area contributed by atoms with E-state index in [4.69, 9.17) is 11.6 Å². The molecule has 0 aromatic carbocycles. The number of thiophene rings is 1. The molecule has 0 amide bonds. The van der Waals surface area contributed by atoms with E-state index in [0.717, 1.165) is 17.2 Å². The van der Waals surface area contributed by atoms with E-state index in [0.29, 0.717) is 19.1 Å². The molecular weight excluding hydrogens is 316 g/mol. The highest BCUT2D eigenvalue weighted by Crippen LogP contribution is 2.27. The summed E-state index contributed by atoms with van der Waals surface area (Å²) in [6, 6.07) is 4.58. The largest absolute Gasteiger partial charge is 0.307 e. The maximum absolute atomic E-state index is 11.8. The van der Waals surface area contributed by atoms with Crippen LogP contribution in [-0.4, -0.2) is 37.6 Å². The molecule has 4 nitrogen and oxygen atoms in total. The minimum absolute atomic E-state index is 0.190. The molecule has 1 fully saturated rings. The first-order valence-corrected chi connectivity index (χ1v) is 9.72. The molecule has 2 rings (SSSR count). The molecule has 1 N–H and O–H groups in total. The number of rotatable bonds is 5. The smallest absolute Gasteiger partial charge is 0.213 e. The van der Waals surface area contributed by atoms with E-state index in [1.165, 1.54) is 4.88 Å². The van der Waals surface area contributed by atoms with Gasteiger partial charge in [0.15, 0.2) is 0 Å². The fourth-order valence-electron chi connectivity index (χ4n) is 2.48. The van der Waals surface area contributed by atoms with Crippen molar-refractivity contribution in [3.63, 3.8) is 0 Å². The summed E-state index contributed by atoms with van der Waals surface area (Å²) in [5.74, 6) is 0.190. The summed E-state index contributed by atoms with van der Waals surface area (Å²) in [6.07, 6.45) is 1.73. The molecule has 0 radical (unpaired) electrons. The Balaban J connectivity index is 1.86. The maximum atomic E-state index is 11.8. The van der Waals surface area contributed by atoms with Gasteiger partial charge in [-0.05, 0) is 38.8 Å². The third-order valence-corrected chi connectivity index (χ3v) is 7.01. The van der Waals surface area contributed by atoms with Crippen molar-refractivity contribution < 1.29 is 8.42 Å². The van der Waals surface area contributed by atoms with Gasteiger partial charge in [0.05, 0.1) is 10.1 Å². The lowest BCUT2D eigenvalue weighted by Crippen LogP contribution is -2.45. The van der Waals surface area contributed by atoms with Gasteiger partial charge in [-0.25, -0.2) is 12.7 Å². The standard InChI is InChI=1S/C13H21ClN2O2S2/c1-3-20(17,18)16-8-6-11(7-9-16)15-10(2)12-4-5-13(14)19-12/h4-5,10-11,15H,3,6-9H2,1-2H3. The zero-order valence-electron chi connectivity index (χ0n) is 11.8. The molecule has 1 atom stereocenters. The van der Waals surface area contributed by atoms with E-state index >= 15 is 0 Å². The average Bonchev–Trinajstić information content (AvgIpc) is 2.86. The third-order valence-electron chi connectivity index (χ3n) is 3.72. The second-order valence-corrected chi connectivity index (χ2v) is 9.11. The Morgan fingerprint density at radius 2 is 2.10 bits per heavy atom. The SMILES string of the molecule is CCS(=O)(=O)N1CCC(NC(C)c2ccc(Cl)s2)CC1. The van der Waals surface area contributed by atoms with Gasteiger partial charge >= 0.3 is 0 Å². The lowest BCUT2D eigenvalue weighted by atomic mass is 10.1. The fourth-order valence-corrected chi connectivity index (χ4v) is 4.68. The van der Waals surface area contributed by atoms with Crippen LogP contribution in [0, 0.1) is 0 Å². The second kappa shape index (κ2) is 6.75. The van der Waals surface area contributed by atoms with Crippen molar-refractivity contribution in [3.8, 4) is 0 Å². The van der Waals surface area contributed by atoms with Gasteiger partial charge in [-0.3, -0.25) is 0 Å². The van der Waals surface area contributed by atoms with E-state index in [1.54, 1.807) is 22.6 Å². The van der Waals surface area contributed by atoms with Crippen molar-refractivity contribution in [2.75, 3.05) is 18.8 Å². The summed E-state index contributed by atoms with van der Waals surface area (Å²) in [5, 5.41) is 3.57. The van der Waals surface area contributed by atoms with Crippen molar-refractivity contribution in [2.24, 2.45) is 0 Å². The van der Waals surface area contributed by atoms with Crippen LogP contribution < -0.4 is 5.32 Å². The molecule has 0 bridgehead atoms. The Hall–Kier alpha value is -0.140. The Bertz CT molecular complexity index is 536. The van der Waals surface area contributed by atoms with E-state index in [9.17, 15) is 8.42 Å². The number of hydrogen-bond acceptors (Lipinski definition) is 4. The Labute approximate surface area is 130 Å². The maximum Gasteiger partial charge on any atom is 0.213 e. The van der Waals surface area contributed by atoms with Gasteiger partial charge in [0.25, 0.3) is 0 Å². The van der Waals surface area contributed by atoms with Gasteiger partial charge < -0.3 is 5.32 Å². The van der Waals surface area contributed by atoms with Crippen molar-refractivity contribution in [3.05, 3.63) is 21.3 Å². The molecular formula is C13H21ClN2O2S2. The molecule has 1 unspecified atom stereocenters. The summed E-state index contributed by atoms with van der Waals surface area (Å²) >= 11 is 7.54. The Morgan fingerprint density at radius 1 is 1.45 bits per heavy atom. The van der Waals surface area contributed by atoms with Crippen LogP contribution in [0.25, 0.3) is 0 Å². The predicted molar refractivity (Wildman–Crippen MR) is 84.9 cm³/mol. The Morgan fingerprint density at radius 3 is 2.60 bits per heavy atom. The summed E-state index contributed by atoms with van der Waals surface area (Å²) in [5.41, 5.74) is 0. The molecule has 1 aliphatic rings. The quantitative estimate of drug-likeness (QED) is 0.899. The lowest BCUT2D eigenvalue weighted by molar-refractivity contribution is 0.278. The van der Waals surface area contributed by atoms with Crippen LogP contribution in [0.1, 0.15) is 37.6 Å². The summed E-state index contributed by atoms with van der Waals surface area (Å²) < 4.78 is 26.0. The first kappa shape index (κ1) is 16.2. The monoisotopic (exact) mass is 336 g/mol. The third kappa shape index (κ3) is 3.95. The van der Waals surface area contributed by atoms with Crippen LogP contribution in [0.15, 0.2) is 12.1 Å². The van der Waals surface area contributed by atoms with Crippen LogP contribution in [-0.2, 0) is 10.0 Å². The fraction of sp³-hybridized carbons (Fsp3) is 0.692. The summed E-state index contributed by atoms with van der Waals surface area (Å²) in [7, 11) is -3.03. The Kier molecular flexibility index (Phi) is 5.48. The first-order chi connectivity index (χ1) is 9.42. The molecule has 20 heavy (non-hydrogen) atoms. The topological polar surface area (TPSA) is 49.4 Å². The molecule has 0 aliphatic carbocycles. The van der Waals surface area contributed by atoms with Gasteiger partial charge in [-0.1, -0.05) is 11.6 Å². The molecule has 7 heteroatoms. The zero-order chi connectivity index (χ0) is 14.8. The summed E-state index contributed by atoms with van der Waals surface area (Å²) in [6.45, 7) is 5.05. The van der Waals surface area contributed by atoms with Crippen LogP contribution in [0.4, 0.5) is 0 Å². The van der Waals surface area contributed by atoms with Crippen molar-refractivity contribution in [1.82, 2.24) is 9.62 Å². The number of sulfonamides is 1. The number of piperidine rings is 1. The second-order valence-electron chi connectivity index (χ2n) is 5.10. The number of nitrogens with one attached hydrogen (secondary N) is 1. The first-order valence-electron chi connectivity index (χ1n) is 6.91. The van der Waals surface area contributed by atoms with E-state index < -0.39 is 10.0 Å². The molecule has 2 heterocycles. The van der Waals surface area contributed by atoms with Crippen molar-refractivity contribution in [1.29, 1.82) is 0 Å². The van der Waals surface area contributed by atoms with Crippen LogP contribution in [0.5, 0.6) is 0 Å². The molecule has 1 aromatic heterocycles. The van der Waals surface area contributed by atoms with Gasteiger partial charge in [-0.15, -0.1) is 11.3 Å². The molecule has 1 saturated heterocycles. The molecule has 1 aromatic rings. The normalized spacial score (nSPS) is 20.1. The van der Waals surface area contributed by atoms with Crippen molar-refractivity contribution in [2.45, 2.75) is 38.8 Å². The highest BCUT2D eigenvalue weighted by molar-refractivity contribution is 7.89. The van der Waals surface area contributed by atoms with Gasteiger partial charge in [-0.2, -0.15) is 0 Å². The van der Waals surface area contributed by atoms with E-state index in [2.05, 4.69) is 12.2 Å². The van der Waals surface area contributed by atoms with Crippen LogP contribution in [0.2, 0.25) is 4.34 Å². The molecule has 114 valence electrons. The molecule has 0 saturated carbocycles. The minimum Gasteiger partial charge on any atom is -0.307 e. The molecule has 1 aliphatic heterocycles. The highest BCUT2D eigenvalue weighted by Gasteiger charge is 2.27. The predicted octanol–water partition coefficient (Wildman–Crippen LogP) is 2.87. The highest BCUT2D eigenvalue weighted by atomic mass is 35.5. The van der Waals surface area contributed by atoms with Crippen LogP contribution >= 0.6 is 22.9 Å². The number of halogens is 1. The summed E-state index contributed by atoms with van der Waals surface area (Å²) in [4.78, 5) is 1.22. The minimum atomic E-state index is -3.03. The zero-order valence-corrected chi connectivity index (χ0v) is 14.2. The number of hydrogen-bond donors (Lipinski definition) is 1. The van der Waals surface area contributed by atoms with Crippen LogP contribution in [0.3, 0.4) is 0 Å². The lowest BCUT2D eigenvalue weighted by Gasteiger charge is -2.32. The van der Waals surface area contributed by atoms with Gasteiger partial charge in [0.1, 0.15) is 0 Å². The van der Waals surface area contributed by atoms with Crippen molar-refractivity contribution >= 4 is 33.0 Å². The van der Waals surface area contributed by atoms with E-state index in [1.807, 2.05) is 12.1 Å². The van der Waals surface area contributed by atoms with E-state index in [-0.39, 0.29) is 11.8 Å². The average molecular weight is 337 g/mol. The van der Waals surface area contributed by atoms with Gasteiger partial charge in [0.2, 0.25) is 10.0 Å². The molecule has 0 spiro atoms. The van der Waals surface area contributed by atoms with Gasteiger partial charge in [0, 0.05) is 30.1 Å².